The first-order valence-corrected chi connectivity index (χ1v) is 6.78. The summed E-state index contributed by atoms with van der Waals surface area (Å²) in [5, 5.41) is 5.64. The minimum Gasteiger partial charge on any atom is -0.495 e. The van der Waals surface area contributed by atoms with Gasteiger partial charge in [-0.2, -0.15) is 0 Å². The molecule has 0 amide bonds. The lowest BCUT2D eigenvalue weighted by atomic mass is 10.1. The smallest absolute Gasteiger partial charge is 0.141 e. The first kappa shape index (κ1) is 13.2. The van der Waals surface area contributed by atoms with Gasteiger partial charge in [0.05, 0.1) is 12.8 Å². The highest BCUT2D eigenvalue weighted by atomic mass is 16.5. The Labute approximate surface area is 123 Å². The maximum atomic E-state index is 5.92. The second-order valence-electron chi connectivity index (χ2n) is 4.81. The molecule has 2 aromatic carbocycles. The standard InChI is InChI=1S/C17H17N3O/c1-21-16-7-6-12(10-15(16)18)11-20-17-14-5-3-2-4-13(14)8-9-19-17/h2-10H,11,18H2,1H3,(H,19,20). The summed E-state index contributed by atoms with van der Waals surface area (Å²) in [6.07, 6.45) is 1.81. The van der Waals surface area contributed by atoms with E-state index in [4.69, 9.17) is 10.5 Å². The molecule has 0 fully saturated rings. The van der Waals surface area contributed by atoms with Crippen LogP contribution in [-0.2, 0) is 6.54 Å². The molecule has 3 rings (SSSR count). The van der Waals surface area contributed by atoms with Crippen LogP contribution in [0.15, 0.2) is 54.7 Å². The van der Waals surface area contributed by atoms with Gasteiger partial charge in [-0.05, 0) is 29.1 Å². The van der Waals surface area contributed by atoms with Crippen LogP contribution in [0.25, 0.3) is 10.8 Å². The van der Waals surface area contributed by atoms with Gasteiger partial charge in [0.15, 0.2) is 0 Å². The van der Waals surface area contributed by atoms with Crippen molar-refractivity contribution in [3.05, 3.63) is 60.3 Å². The van der Waals surface area contributed by atoms with Crippen molar-refractivity contribution in [2.75, 3.05) is 18.2 Å². The number of aromatic nitrogens is 1. The van der Waals surface area contributed by atoms with Gasteiger partial charge < -0.3 is 15.8 Å². The Morgan fingerprint density at radius 3 is 2.81 bits per heavy atom. The van der Waals surface area contributed by atoms with Crippen LogP contribution in [0.5, 0.6) is 5.75 Å². The summed E-state index contributed by atoms with van der Waals surface area (Å²) in [7, 11) is 1.61. The number of anilines is 2. The van der Waals surface area contributed by atoms with E-state index >= 15 is 0 Å². The maximum Gasteiger partial charge on any atom is 0.141 e. The van der Waals surface area contributed by atoms with Gasteiger partial charge in [-0.15, -0.1) is 0 Å². The van der Waals surface area contributed by atoms with Crippen LogP contribution in [0.2, 0.25) is 0 Å². The second-order valence-corrected chi connectivity index (χ2v) is 4.81. The molecule has 0 aliphatic rings. The Bertz CT molecular complexity index is 766. The van der Waals surface area contributed by atoms with Crippen molar-refractivity contribution < 1.29 is 4.74 Å². The molecule has 1 heterocycles. The van der Waals surface area contributed by atoms with E-state index in [0.717, 1.165) is 16.8 Å². The zero-order chi connectivity index (χ0) is 14.7. The molecular weight excluding hydrogens is 262 g/mol. The monoisotopic (exact) mass is 279 g/mol. The molecule has 3 aromatic rings. The summed E-state index contributed by atoms with van der Waals surface area (Å²) in [5.74, 6) is 1.57. The van der Waals surface area contributed by atoms with Gasteiger partial charge in [0, 0.05) is 18.1 Å². The van der Waals surface area contributed by atoms with Crippen LogP contribution in [0.3, 0.4) is 0 Å². The maximum absolute atomic E-state index is 5.92. The molecule has 0 atom stereocenters. The van der Waals surface area contributed by atoms with E-state index in [1.165, 1.54) is 5.39 Å². The number of nitrogens with zero attached hydrogens (tertiary/aromatic N) is 1. The van der Waals surface area contributed by atoms with Gasteiger partial charge in [-0.1, -0.05) is 30.3 Å². The first-order chi connectivity index (χ1) is 10.3. The molecule has 3 N–H and O–H groups in total. The van der Waals surface area contributed by atoms with E-state index in [0.29, 0.717) is 18.0 Å². The number of rotatable bonds is 4. The number of fused-ring (bicyclic) bond motifs is 1. The van der Waals surface area contributed by atoms with E-state index in [-0.39, 0.29) is 0 Å². The average Bonchev–Trinajstić information content (AvgIpc) is 2.53. The number of ether oxygens (including phenoxy) is 1. The fraction of sp³-hybridized carbons (Fsp3) is 0.118. The van der Waals surface area contributed by atoms with Crippen molar-refractivity contribution in [1.29, 1.82) is 0 Å². The fourth-order valence-electron chi connectivity index (χ4n) is 2.34. The molecule has 0 aliphatic heterocycles. The molecule has 4 nitrogen and oxygen atoms in total. The number of nitrogen functional groups attached to an aromatic ring is 1. The average molecular weight is 279 g/mol. The molecular formula is C17H17N3O. The predicted octanol–water partition coefficient (Wildman–Crippen LogP) is 3.44. The molecule has 0 aliphatic carbocycles. The number of methoxy groups -OCH3 is 1. The van der Waals surface area contributed by atoms with Crippen molar-refractivity contribution in [2.24, 2.45) is 0 Å². The van der Waals surface area contributed by atoms with Crippen molar-refractivity contribution in [3.8, 4) is 5.75 Å². The van der Waals surface area contributed by atoms with Crippen molar-refractivity contribution in [1.82, 2.24) is 4.98 Å². The van der Waals surface area contributed by atoms with Crippen LogP contribution in [0, 0.1) is 0 Å². The first-order valence-electron chi connectivity index (χ1n) is 6.78. The van der Waals surface area contributed by atoms with Gasteiger partial charge >= 0.3 is 0 Å². The Kier molecular flexibility index (Phi) is 3.60. The van der Waals surface area contributed by atoms with Gasteiger partial charge in [0.2, 0.25) is 0 Å². The third kappa shape index (κ3) is 2.74. The Morgan fingerprint density at radius 1 is 1.14 bits per heavy atom. The lowest BCUT2D eigenvalue weighted by Gasteiger charge is -2.10. The lowest BCUT2D eigenvalue weighted by molar-refractivity contribution is 0.417. The van der Waals surface area contributed by atoms with Gasteiger partial charge in [-0.25, -0.2) is 4.98 Å². The second kappa shape index (κ2) is 5.71. The van der Waals surface area contributed by atoms with E-state index in [9.17, 15) is 0 Å². The number of nitrogens with two attached hydrogens (primary N) is 1. The quantitative estimate of drug-likeness (QED) is 0.718. The Morgan fingerprint density at radius 2 is 2.00 bits per heavy atom. The summed E-state index contributed by atoms with van der Waals surface area (Å²) >= 11 is 0. The highest BCUT2D eigenvalue weighted by Gasteiger charge is 2.03. The molecule has 1 aromatic heterocycles. The number of benzene rings is 2. The minimum absolute atomic E-state index is 0.641. The lowest BCUT2D eigenvalue weighted by Crippen LogP contribution is -2.03. The summed E-state index contributed by atoms with van der Waals surface area (Å²) in [4.78, 5) is 4.41. The van der Waals surface area contributed by atoms with Crippen molar-refractivity contribution in [3.63, 3.8) is 0 Å². The predicted molar refractivity (Wildman–Crippen MR) is 86.5 cm³/mol. The molecule has 0 spiro atoms. The number of hydrogen-bond acceptors (Lipinski definition) is 4. The van der Waals surface area contributed by atoms with E-state index in [2.05, 4.69) is 22.4 Å². The van der Waals surface area contributed by atoms with Crippen LogP contribution in [0.4, 0.5) is 11.5 Å². The van der Waals surface area contributed by atoms with Crippen molar-refractivity contribution >= 4 is 22.3 Å². The Balaban J connectivity index is 1.82. The minimum atomic E-state index is 0.641. The van der Waals surface area contributed by atoms with E-state index in [1.54, 1.807) is 7.11 Å². The van der Waals surface area contributed by atoms with Crippen LogP contribution in [0.1, 0.15) is 5.56 Å². The number of pyridine rings is 1. The van der Waals surface area contributed by atoms with Gasteiger partial charge in [-0.3, -0.25) is 0 Å². The zero-order valence-electron chi connectivity index (χ0n) is 11.8. The molecule has 106 valence electrons. The summed E-state index contributed by atoms with van der Waals surface area (Å²) < 4.78 is 5.16. The van der Waals surface area contributed by atoms with E-state index < -0.39 is 0 Å². The third-order valence-electron chi connectivity index (χ3n) is 3.43. The Hall–Kier alpha value is -2.75. The topological polar surface area (TPSA) is 60.2 Å². The van der Waals surface area contributed by atoms with Crippen molar-refractivity contribution in [2.45, 2.75) is 6.54 Å². The molecule has 21 heavy (non-hydrogen) atoms. The van der Waals surface area contributed by atoms with Gasteiger partial charge in [0.1, 0.15) is 11.6 Å². The van der Waals surface area contributed by atoms with E-state index in [1.807, 2.05) is 42.6 Å². The summed E-state index contributed by atoms with van der Waals surface area (Å²) in [5.41, 5.74) is 7.65. The summed E-state index contributed by atoms with van der Waals surface area (Å²) in [6, 6.07) is 16.0. The molecule has 0 radical (unpaired) electrons. The van der Waals surface area contributed by atoms with Crippen LogP contribution in [-0.4, -0.2) is 12.1 Å². The summed E-state index contributed by atoms with van der Waals surface area (Å²) in [6.45, 7) is 0.662. The molecule has 0 saturated heterocycles. The fourth-order valence-corrected chi connectivity index (χ4v) is 2.34. The van der Waals surface area contributed by atoms with Crippen LogP contribution < -0.4 is 15.8 Å². The zero-order valence-corrected chi connectivity index (χ0v) is 11.8. The molecule has 4 heteroatoms. The highest BCUT2D eigenvalue weighted by molar-refractivity contribution is 5.91. The van der Waals surface area contributed by atoms with Crippen LogP contribution >= 0.6 is 0 Å². The molecule has 0 bridgehead atoms. The molecule has 0 unspecified atom stereocenters. The SMILES string of the molecule is COc1ccc(CNc2nccc3ccccc23)cc1N. The third-order valence-corrected chi connectivity index (χ3v) is 3.43. The highest BCUT2D eigenvalue weighted by Crippen LogP contribution is 2.24. The molecule has 0 saturated carbocycles. The largest absolute Gasteiger partial charge is 0.495 e. The van der Waals surface area contributed by atoms with Gasteiger partial charge in [0.25, 0.3) is 0 Å². The number of hydrogen-bond donors (Lipinski definition) is 2. The normalized spacial score (nSPS) is 10.5. The number of nitrogens with one attached hydrogen (secondary N) is 1.